The number of thioether (sulfide) groups is 1. The predicted octanol–water partition coefficient (Wildman–Crippen LogP) is 5.19. The number of aromatic nitrogens is 3. The molecule has 1 aliphatic rings. The fourth-order valence-electron chi connectivity index (χ4n) is 3.83. The zero-order valence-corrected chi connectivity index (χ0v) is 17.9. The number of nitrogens with zero attached hydrogens (tertiary/aromatic N) is 3. The van der Waals surface area contributed by atoms with Crippen LogP contribution in [-0.4, -0.2) is 33.5 Å². The molecule has 1 amide bonds. The highest BCUT2D eigenvalue weighted by Crippen LogP contribution is 2.35. The lowest BCUT2D eigenvalue weighted by Crippen LogP contribution is -2.17. The van der Waals surface area contributed by atoms with Gasteiger partial charge < -0.3 is 10.1 Å². The first kappa shape index (κ1) is 20.5. The normalized spacial score (nSPS) is 14.4. The first-order chi connectivity index (χ1) is 14.7. The van der Waals surface area contributed by atoms with E-state index in [9.17, 15) is 4.79 Å². The summed E-state index contributed by atoms with van der Waals surface area (Å²) in [4.78, 5) is 12.5. The van der Waals surface area contributed by atoms with Gasteiger partial charge in [-0.15, -0.1) is 10.2 Å². The topological polar surface area (TPSA) is 69.0 Å². The Kier molecular flexibility index (Phi) is 6.69. The van der Waals surface area contributed by atoms with Gasteiger partial charge in [-0.1, -0.05) is 61.4 Å². The third-order valence-corrected chi connectivity index (χ3v) is 6.29. The van der Waals surface area contributed by atoms with Crippen molar-refractivity contribution in [3.05, 3.63) is 54.6 Å². The van der Waals surface area contributed by atoms with E-state index in [4.69, 9.17) is 4.74 Å². The maximum Gasteiger partial charge on any atom is 0.234 e. The van der Waals surface area contributed by atoms with Gasteiger partial charge in [-0.3, -0.25) is 9.36 Å². The molecule has 6 nitrogen and oxygen atoms in total. The number of ether oxygens (including phenoxy) is 1. The van der Waals surface area contributed by atoms with Gasteiger partial charge in [0.2, 0.25) is 5.91 Å². The summed E-state index contributed by atoms with van der Waals surface area (Å²) in [6.07, 6.45) is 5.98. The molecule has 7 heteroatoms. The third kappa shape index (κ3) is 4.84. The molecular formula is C23H26N4O2S. The van der Waals surface area contributed by atoms with Gasteiger partial charge in [0, 0.05) is 17.3 Å². The minimum Gasteiger partial charge on any atom is -0.497 e. The average molecular weight is 423 g/mol. The highest BCUT2D eigenvalue weighted by molar-refractivity contribution is 7.99. The Labute approximate surface area is 181 Å². The largest absolute Gasteiger partial charge is 0.497 e. The maximum absolute atomic E-state index is 12.5. The Morgan fingerprint density at radius 2 is 1.80 bits per heavy atom. The molecule has 1 saturated carbocycles. The summed E-state index contributed by atoms with van der Waals surface area (Å²) in [7, 11) is 1.62. The molecule has 0 aliphatic heterocycles. The second kappa shape index (κ2) is 9.80. The van der Waals surface area contributed by atoms with Crippen molar-refractivity contribution < 1.29 is 9.53 Å². The molecule has 0 bridgehead atoms. The second-order valence-corrected chi connectivity index (χ2v) is 8.34. The Morgan fingerprint density at radius 1 is 1.07 bits per heavy atom. The maximum atomic E-state index is 12.5. The van der Waals surface area contributed by atoms with E-state index in [0.717, 1.165) is 40.8 Å². The van der Waals surface area contributed by atoms with E-state index in [0.29, 0.717) is 6.04 Å². The summed E-state index contributed by atoms with van der Waals surface area (Å²) < 4.78 is 7.40. The lowest BCUT2D eigenvalue weighted by molar-refractivity contribution is -0.113. The number of nitrogens with one attached hydrogen (secondary N) is 1. The molecule has 2 aromatic carbocycles. The smallest absolute Gasteiger partial charge is 0.234 e. The Hall–Kier alpha value is -2.80. The fourth-order valence-corrected chi connectivity index (χ4v) is 4.63. The molecule has 1 fully saturated rings. The number of amides is 1. The number of hydrogen-bond acceptors (Lipinski definition) is 5. The van der Waals surface area contributed by atoms with E-state index in [1.165, 1.54) is 31.0 Å². The molecule has 4 rings (SSSR count). The minimum atomic E-state index is -0.0652. The molecule has 0 atom stereocenters. The quantitative estimate of drug-likeness (QED) is 0.531. The van der Waals surface area contributed by atoms with Crippen LogP contribution in [0.4, 0.5) is 5.69 Å². The Balaban J connectivity index is 1.49. The van der Waals surface area contributed by atoms with E-state index < -0.39 is 0 Å². The van der Waals surface area contributed by atoms with Crippen LogP contribution in [-0.2, 0) is 4.79 Å². The van der Waals surface area contributed by atoms with Crippen LogP contribution in [0.1, 0.15) is 38.1 Å². The highest BCUT2D eigenvalue weighted by atomic mass is 32.2. The van der Waals surface area contributed by atoms with Crippen molar-refractivity contribution in [2.75, 3.05) is 18.2 Å². The third-order valence-electron chi connectivity index (χ3n) is 5.34. The molecule has 1 aliphatic carbocycles. The number of rotatable bonds is 7. The molecule has 1 heterocycles. The van der Waals surface area contributed by atoms with Gasteiger partial charge in [0.1, 0.15) is 5.75 Å². The molecule has 0 unspecified atom stereocenters. The molecule has 0 radical (unpaired) electrons. The van der Waals surface area contributed by atoms with Crippen molar-refractivity contribution in [2.45, 2.75) is 43.3 Å². The van der Waals surface area contributed by atoms with Gasteiger partial charge in [-0.05, 0) is 37.1 Å². The van der Waals surface area contributed by atoms with Crippen molar-refractivity contribution in [1.29, 1.82) is 0 Å². The number of carbonyl (C=O) groups excluding carboxylic acids is 1. The van der Waals surface area contributed by atoms with Crippen molar-refractivity contribution in [3.63, 3.8) is 0 Å². The predicted molar refractivity (Wildman–Crippen MR) is 120 cm³/mol. The molecule has 0 saturated heterocycles. The van der Waals surface area contributed by atoms with E-state index in [-0.39, 0.29) is 11.7 Å². The number of hydrogen-bond donors (Lipinski definition) is 1. The zero-order valence-electron chi connectivity index (χ0n) is 17.1. The van der Waals surface area contributed by atoms with Crippen LogP contribution >= 0.6 is 11.8 Å². The summed E-state index contributed by atoms with van der Waals surface area (Å²) in [6.45, 7) is 0. The van der Waals surface area contributed by atoms with Crippen LogP contribution in [0, 0.1) is 0 Å². The molecule has 1 aromatic heterocycles. The fraction of sp³-hybridized carbons (Fsp3) is 0.348. The summed E-state index contributed by atoms with van der Waals surface area (Å²) in [5.41, 5.74) is 1.81. The van der Waals surface area contributed by atoms with Gasteiger partial charge >= 0.3 is 0 Å². The monoisotopic (exact) mass is 422 g/mol. The number of methoxy groups -OCH3 is 1. The summed E-state index contributed by atoms with van der Waals surface area (Å²) in [5.74, 6) is 1.87. The van der Waals surface area contributed by atoms with Crippen LogP contribution in [0.3, 0.4) is 0 Å². The zero-order chi connectivity index (χ0) is 20.8. The summed E-state index contributed by atoms with van der Waals surface area (Å²) >= 11 is 1.44. The van der Waals surface area contributed by atoms with Crippen LogP contribution < -0.4 is 10.1 Å². The Morgan fingerprint density at radius 3 is 2.50 bits per heavy atom. The molecule has 0 spiro atoms. The number of anilines is 1. The van der Waals surface area contributed by atoms with Gasteiger partial charge in [0.25, 0.3) is 0 Å². The van der Waals surface area contributed by atoms with E-state index in [2.05, 4.69) is 32.2 Å². The van der Waals surface area contributed by atoms with Crippen LogP contribution in [0.5, 0.6) is 5.75 Å². The molecule has 156 valence electrons. The van der Waals surface area contributed by atoms with Crippen molar-refractivity contribution in [2.24, 2.45) is 0 Å². The molecule has 1 N–H and O–H groups in total. The summed E-state index contributed by atoms with van der Waals surface area (Å²) in [6, 6.07) is 17.9. The van der Waals surface area contributed by atoms with E-state index >= 15 is 0 Å². The number of carbonyl (C=O) groups is 1. The van der Waals surface area contributed by atoms with Crippen LogP contribution in [0.25, 0.3) is 11.4 Å². The van der Waals surface area contributed by atoms with Gasteiger partial charge in [0.05, 0.1) is 12.9 Å². The van der Waals surface area contributed by atoms with Crippen molar-refractivity contribution in [1.82, 2.24) is 14.8 Å². The second-order valence-electron chi connectivity index (χ2n) is 7.40. The lowest BCUT2D eigenvalue weighted by atomic mass is 9.95. The average Bonchev–Trinajstić information content (AvgIpc) is 3.23. The van der Waals surface area contributed by atoms with Crippen LogP contribution in [0.2, 0.25) is 0 Å². The standard InChI is InChI=1S/C23H26N4O2S/c1-29-20-14-12-18(13-15-20)24-21(28)16-30-23-26-25-22(17-8-4-2-5-9-17)27(23)19-10-6-3-7-11-19/h2,4-5,8-9,12-15,19H,3,6-7,10-11,16H2,1H3,(H,24,28). The van der Waals surface area contributed by atoms with E-state index in [1.807, 2.05) is 42.5 Å². The highest BCUT2D eigenvalue weighted by Gasteiger charge is 2.24. The van der Waals surface area contributed by atoms with Gasteiger partial charge in [-0.25, -0.2) is 0 Å². The van der Waals surface area contributed by atoms with E-state index in [1.54, 1.807) is 7.11 Å². The van der Waals surface area contributed by atoms with Crippen molar-refractivity contribution in [3.8, 4) is 17.1 Å². The first-order valence-electron chi connectivity index (χ1n) is 10.3. The molecule has 30 heavy (non-hydrogen) atoms. The van der Waals surface area contributed by atoms with Gasteiger partial charge in [-0.2, -0.15) is 0 Å². The van der Waals surface area contributed by atoms with Gasteiger partial charge in [0.15, 0.2) is 11.0 Å². The molecule has 3 aromatic rings. The SMILES string of the molecule is COc1ccc(NC(=O)CSc2nnc(-c3ccccc3)n2C2CCCCC2)cc1. The number of benzene rings is 2. The van der Waals surface area contributed by atoms with Crippen molar-refractivity contribution >= 4 is 23.4 Å². The molecular weight excluding hydrogens is 396 g/mol. The minimum absolute atomic E-state index is 0.0652. The Bertz CT molecular complexity index is 967. The van der Waals surface area contributed by atoms with Crippen LogP contribution in [0.15, 0.2) is 59.8 Å². The first-order valence-corrected chi connectivity index (χ1v) is 11.3. The lowest BCUT2D eigenvalue weighted by Gasteiger charge is -2.25. The summed E-state index contributed by atoms with van der Waals surface area (Å²) in [5, 5.41) is 12.7.